The molecule has 1 aromatic carbocycles. The first-order chi connectivity index (χ1) is 9.17. The highest BCUT2D eigenvalue weighted by Gasteiger charge is 2.16. The van der Waals surface area contributed by atoms with Gasteiger partial charge in [0.2, 0.25) is 0 Å². The van der Waals surface area contributed by atoms with Gasteiger partial charge in [-0.2, -0.15) is 0 Å². The molecule has 0 saturated heterocycles. The van der Waals surface area contributed by atoms with E-state index in [0.717, 1.165) is 10.2 Å². The zero-order valence-corrected chi connectivity index (χ0v) is 14.4. The van der Waals surface area contributed by atoms with Crippen molar-refractivity contribution in [2.75, 3.05) is 11.9 Å². The SMILES string of the molecule is CC(CNC(=O)OC(C)(C)C)Nc1ccc(Br)cc1Cl. The largest absolute Gasteiger partial charge is 0.444 e. The van der Waals surface area contributed by atoms with Crippen LogP contribution >= 0.6 is 27.5 Å². The molecule has 0 spiro atoms. The fourth-order valence-corrected chi connectivity index (χ4v) is 2.20. The summed E-state index contributed by atoms with van der Waals surface area (Å²) in [4.78, 5) is 11.5. The maximum atomic E-state index is 11.5. The molecule has 1 atom stereocenters. The molecule has 0 aromatic heterocycles. The standard InChI is InChI=1S/C14H20BrClN2O2/c1-9(8-17-13(19)20-14(2,3)4)18-12-6-5-10(15)7-11(12)16/h5-7,9,18H,8H2,1-4H3,(H,17,19). The van der Waals surface area contributed by atoms with Crippen LogP contribution in [0.2, 0.25) is 5.02 Å². The lowest BCUT2D eigenvalue weighted by molar-refractivity contribution is 0.0526. The summed E-state index contributed by atoms with van der Waals surface area (Å²) in [6.45, 7) is 7.89. The fraction of sp³-hybridized carbons (Fsp3) is 0.500. The monoisotopic (exact) mass is 362 g/mol. The van der Waals surface area contributed by atoms with Gasteiger partial charge in [0.15, 0.2) is 0 Å². The van der Waals surface area contributed by atoms with Crippen LogP contribution in [0.4, 0.5) is 10.5 Å². The van der Waals surface area contributed by atoms with Crippen LogP contribution < -0.4 is 10.6 Å². The minimum Gasteiger partial charge on any atom is -0.444 e. The highest BCUT2D eigenvalue weighted by atomic mass is 79.9. The number of halogens is 2. The predicted molar refractivity (Wildman–Crippen MR) is 86.5 cm³/mol. The lowest BCUT2D eigenvalue weighted by Gasteiger charge is -2.21. The van der Waals surface area contributed by atoms with Crippen molar-refractivity contribution < 1.29 is 9.53 Å². The number of alkyl carbamates (subject to hydrolysis) is 1. The van der Waals surface area contributed by atoms with Crippen LogP contribution in [-0.4, -0.2) is 24.3 Å². The molecule has 20 heavy (non-hydrogen) atoms. The average Bonchev–Trinajstić information content (AvgIpc) is 2.28. The van der Waals surface area contributed by atoms with Crippen LogP contribution in [0.15, 0.2) is 22.7 Å². The molecule has 112 valence electrons. The molecule has 0 bridgehead atoms. The second-order valence-electron chi connectivity index (χ2n) is 5.55. The number of rotatable bonds is 4. The summed E-state index contributed by atoms with van der Waals surface area (Å²) in [5.41, 5.74) is 0.337. The van der Waals surface area contributed by atoms with E-state index in [1.54, 1.807) is 0 Å². The van der Waals surface area contributed by atoms with Crippen LogP contribution in [0.5, 0.6) is 0 Å². The third-order valence-corrected chi connectivity index (χ3v) is 3.09. The number of hydrogen-bond donors (Lipinski definition) is 2. The highest BCUT2D eigenvalue weighted by Crippen LogP contribution is 2.26. The zero-order valence-electron chi connectivity index (χ0n) is 12.1. The van der Waals surface area contributed by atoms with Gasteiger partial charge in [-0.15, -0.1) is 0 Å². The van der Waals surface area contributed by atoms with E-state index in [4.69, 9.17) is 16.3 Å². The van der Waals surface area contributed by atoms with Gasteiger partial charge in [-0.25, -0.2) is 4.79 Å². The Labute approximate surface area is 133 Å². The van der Waals surface area contributed by atoms with Crippen LogP contribution in [0.1, 0.15) is 27.7 Å². The highest BCUT2D eigenvalue weighted by molar-refractivity contribution is 9.10. The van der Waals surface area contributed by atoms with Crippen molar-refractivity contribution >= 4 is 39.3 Å². The minimum absolute atomic E-state index is 0.0289. The maximum absolute atomic E-state index is 11.5. The molecule has 0 aliphatic rings. The van der Waals surface area contributed by atoms with Gasteiger partial charge in [0.25, 0.3) is 0 Å². The van der Waals surface area contributed by atoms with E-state index in [9.17, 15) is 4.79 Å². The topological polar surface area (TPSA) is 50.4 Å². The molecule has 1 rings (SSSR count). The number of nitrogens with one attached hydrogen (secondary N) is 2. The van der Waals surface area contributed by atoms with Crippen molar-refractivity contribution in [2.24, 2.45) is 0 Å². The molecular formula is C14H20BrClN2O2. The Kier molecular flexibility index (Phi) is 6.14. The lowest BCUT2D eigenvalue weighted by atomic mass is 10.2. The Morgan fingerprint density at radius 1 is 1.45 bits per heavy atom. The quantitative estimate of drug-likeness (QED) is 0.832. The van der Waals surface area contributed by atoms with E-state index in [1.165, 1.54) is 0 Å². The Morgan fingerprint density at radius 2 is 2.10 bits per heavy atom. The first-order valence-corrected chi connectivity index (χ1v) is 7.53. The van der Waals surface area contributed by atoms with Gasteiger partial charge in [0.05, 0.1) is 10.7 Å². The van der Waals surface area contributed by atoms with Crippen molar-refractivity contribution in [3.8, 4) is 0 Å². The van der Waals surface area contributed by atoms with Crippen molar-refractivity contribution in [1.82, 2.24) is 5.32 Å². The number of ether oxygens (including phenoxy) is 1. The van der Waals surface area contributed by atoms with Crippen molar-refractivity contribution in [3.63, 3.8) is 0 Å². The first-order valence-electron chi connectivity index (χ1n) is 6.36. The summed E-state index contributed by atoms with van der Waals surface area (Å²) >= 11 is 9.47. The van der Waals surface area contributed by atoms with Gasteiger partial charge >= 0.3 is 6.09 Å². The normalized spacial score (nSPS) is 12.7. The summed E-state index contributed by atoms with van der Waals surface area (Å²) in [6.07, 6.45) is -0.423. The summed E-state index contributed by atoms with van der Waals surface area (Å²) in [6, 6.07) is 5.64. The summed E-state index contributed by atoms with van der Waals surface area (Å²) < 4.78 is 6.09. The minimum atomic E-state index is -0.490. The number of anilines is 1. The second kappa shape index (κ2) is 7.18. The van der Waals surface area contributed by atoms with Gasteiger partial charge < -0.3 is 15.4 Å². The zero-order chi connectivity index (χ0) is 15.3. The Morgan fingerprint density at radius 3 is 2.65 bits per heavy atom. The van der Waals surface area contributed by atoms with Crippen LogP contribution in [-0.2, 0) is 4.74 Å². The molecule has 1 unspecified atom stereocenters. The average molecular weight is 364 g/mol. The van der Waals surface area contributed by atoms with Crippen LogP contribution in [0.3, 0.4) is 0 Å². The van der Waals surface area contributed by atoms with Crippen molar-refractivity contribution in [3.05, 3.63) is 27.7 Å². The molecule has 0 saturated carbocycles. The molecule has 1 aromatic rings. The molecule has 0 radical (unpaired) electrons. The third kappa shape index (κ3) is 6.48. The molecule has 0 fully saturated rings. The summed E-state index contributed by atoms with van der Waals surface area (Å²) in [5, 5.41) is 6.57. The molecule has 6 heteroatoms. The summed E-state index contributed by atoms with van der Waals surface area (Å²) in [5.74, 6) is 0. The van der Waals surface area contributed by atoms with E-state index in [-0.39, 0.29) is 6.04 Å². The van der Waals surface area contributed by atoms with Gasteiger partial charge in [-0.1, -0.05) is 27.5 Å². The van der Waals surface area contributed by atoms with Gasteiger partial charge in [-0.3, -0.25) is 0 Å². The first kappa shape index (κ1) is 17.1. The second-order valence-corrected chi connectivity index (χ2v) is 6.88. The Balaban J connectivity index is 2.44. The molecule has 0 aliphatic heterocycles. The van der Waals surface area contributed by atoms with Crippen LogP contribution in [0, 0.1) is 0 Å². The van der Waals surface area contributed by atoms with E-state index >= 15 is 0 Å². The fourth-order valence-electron chi connectivity index (χ4n) is 1.47. The van der Waals surface area contributed by atoms with Gasteiger partial charge in [0, 0.05) is 17.1 Å². The predicted octanol–water partition coefficient (Wildman–Crippen LogP) is 4.43. The molecule has 0 heterocycles. The van der Waals surface area contributed by atoms with Crippen molar-refractivity contribution in [2.45, 2.75) is 39.3 Å². The van der Waals surface area contributed by atoms with Gasteiger partial charge in [0.1, 0.15) is 5.60 Å². The van der Waals surface area contributed by atoms with E-state index in [2.05, 4.69) is 26.6 Å². The third-order valence-electron chi connectivity index (χ3n) is 2.28. The molecular weight excluding hydrogens is 344 g/mol. The number of carbonyl (C=O) groups is 1. The lowest BCUT2D eigenvalue weighted by Crippen LogP contribution is -2.38. The van der Waals surface area contributed by atoms with E-state index in [1.807, 2.05) is 45.9 Å². The number of benzene rings is 1. The maximum Gasteiger partial charge on any atom is 0.407 e. The molecule has 1 amide bonds. The number of carbonyl (C=O) groups excluding carboxylic acids is 1. The molecule has 2 N–H and O–H groups in total. The number of amides is 1. The van der Waals surface area contributed by atoms with Crippen molar-refractivity contribution in [1.29, 1.82) is 0 Å². The number of hydrogen-bond acceptors (Lipinski definition) is 3. The Hall–Kier alpha value is -0.940. The summed E-state index contributed by atoms with van der Waals surface area (Å²) in [7, 11) is 0. The smallest absolute Gasteiger partial charge is 0.407 e. The van der Waals surface area contributed by atoms with Gasteiger partial charge in [-0.05, 0) is 45.9 Å². The van der Waals surface area contributed by atoms with E-state index in [0.29, 0.717) is 11.6 Å². The Bertz CT molecular complexity index is 475. The van der Waals surface area contributed by atoms with Crippen LogP contribution in [0.25, 0.3) is 0 Å². The molecule has 4 nitrogen and oxygen atoms in total. The molecule has 0 aliphatic carbocycles. The van der Waals surface area contributed by atoms with E-state index < -0.39 is 11.7 Å².